The maximum atomic E-state index is 12.6. The predicted octanol–water partition coefficient (Wildman–Crippen LogP) is 4.19. The summed E-state index contributed by atoms with van der Waals surface area (Å²) in [5.74, 6) is 0.652. The van der Waals surface area contributed by atoms with Gasteiger partial charge in [0.05, 0.1) is 15.7 Å². The Morgan fingerprint density at radius 2 is 1.93 bits per heavy atom. The average Bonchev–Trinajstić information content (AvgIpc) is 3.14. The van der Waals surface area contributed by atoms with Gasteiger partial charge in [0.1, 0.15) is 0 Å². The Kier molecular flexibility index (Phi) is 9.95. The van der Waals surface area contributed by atoms with Gasteiger partial charge in [0, 0.05) is 42.7 Å². The first-order chi connectivity index (χ1) is 12.3. The smallest absolute Gasteiger partial charge is 0.357 e. The van der Waals surface area contributed by atoms with Crippen molar-refractivity contribution in [3.8, 4) is 0 Å². The lowest BCUT2D eigenvalue weighted by molar-refractivity contribution is -0.140. The fourth-order valence-corrected chi connectivity index (χ4v) is 3.99. The maximum Gasteiger partial charge on any atom is 0.434 e. The fraction of sp³-hybridized carbons (Fsp3) is 0.562. The van der Waals surface area contributed by atoms with Crippen molar-refractivity contribution in [2.75, 3.05) is 19.6 Å². The van der Waals surface area contributed by atoms with Gasteiger partial charge in [-0.05, 0) is 20.8 Å². The van der Waals surface area contributed by atoms with Crippen LogP contribution in [0.3, 0.4) is 0 Å². The lowest BCUT2D eigenvalue weighted by atomic mass is 10.3. The summed E-state index contributed by atoms with van der Waals surface area (Å²) in [5, 5.41) is 8.91. The fourth-order valence-electron chi connectivity index (χ4n) is 2.26. The Balaban J connectivity index is 0.00000364. The van der Waals surface area contributed by atoms with Crippen LogP contribution in [0.25, 0.3) is 0 Å². The van der Waals surface area contributed by atoms with E-state index in [1.807, 2.05) is 20.8 Å². The molecule has 2 aromatic rings. The first-order valence-corrected chi connectivity index (χ1v) is 9.96. The summed E-state index contributed by atoms with van der Waals surface area (Å²) in [6, 6.07) is 0. The SMILES string of the molecule is CCNC(=NCCc1nc(C(F)(F)F)cs1)NCCc1sc(C)nc1C.I. The monoisotopic (exact) mass is 533 g/mol. The molecular formula is C16H23F3IN5S2. The van der Waals surface area contributed by atoms with E-state index in [1.54, 1.807) is 11.3 Å². The van der Waals surface area contributed by atoms with Crippen LogP contribution in [0.15, 0.2) is 10.4 Å². The Bertz CT molecular complexity index is 743. The Labute approximate surface area is 181 Å². The molecule has 0 aliphatic heterocycles. The second kappa shape index (κ2) is 11.1. The highest BCUT2D eigenvalue weighted by Crippen LogP contribution is 2.30. The van der Waals surface area contributed by atoms with E-state index in [1.165, 1.54) is 4.88 Å². The number of guanidine groups is 1. The molecule has 0 aromatic carbocycles. The first kappa shape index (κ1) is 24.1. The number of alkyl halides is 3. The van der Waals surface area contributed by atoms with Crippen LogP contribution < -0.4 is 10.6 Å². The highest BCUT2D eigenvalue weighted by Gasteiger charge is 2.33. The predicted molar refractivity (Wildman–Crippen MR) is 116 cm³/mol. The third-order valence-corrected chi connectivity index (χ3v) is 5.47. The zero-order chi connectivity index (χ0) is 19.2. The molecule has 0 bridgehead atoms. The van der Waals surface area contributed by atoms with Crippen molar-refractivity contribution in [1.82, 2.24) is 20.6 Å². The maximum absolute atomic E-state index is 12.6. The minimum absolute atomic E-state index is 0. The molecule has 2 heterocycles. The molecule has 5 nitrogen and oxygen atoms in total. The average molecular weight is 533 g/mol. The van der Waals surface area contributed by atoms with E-state index >= 15 is 0 Å². The summed E-state index contributed by atoms with van der Waals surface area (Å²) < 4.78 is 37.7. The van der Waals surface area contributed by atoms with Crippen LogP contribution in [0, 0.1) is 13.8 Å². The molecule has 0 atom stereocenters. The molecule has 0 aliphatic rings. The molecule has 2 aromatic heterocycles. The van der Waals surface area contributed by atoms with E-state index < -0.39 is 11.9 Å². The molecule has 0 amide bonds. The molecule has 2 N–H and O–H groups in total. The molecule has 0 saturated carbocycles. The number of rotatable bonds is 7. The molecule has 0 radical (unpaired) electrons. The first-order valence-electron chi connectivity index (χ1n) is 8.26. The molecule has 0 unspecified atom stereocenters. The molecule has 0 spiro atoms. The molecule has 2 rings (SSSR count). The van der Waals surface area contributed by atoms with E-state index in [2.05, 4.69) is 25.6 Å². The molecule has 0 saturated heterocycles. The van der Waals surface area contributed by atoms with Crippen LogP contribution in [0.2, 0.25) is 0 Å². The third kappa shape index (κ3) is 7.90. The van der Waals surface area contributed by atoms with E-state index in [4.69, 9.17) is 0 Å². The van der Waals surface area contributed by atoms with Crippen molar-refractivity contribution in [2.45, 2.75) is 39.8 Å². The summed E-state index contributed by atoms with van der Waals surface area (Å²) in [4.78, 5) is 13.7. The van der Waals surface area contributed by atoms with Gasteiger partial charge in [-0.25, -0.2) is 9.97 Å². The molecule has 152 valence electrons. The largest absolute Gasteiger partial charge is 0.434 e. The van der Waals surface area contributed by atoms with Gasteiger partial charge >= 0.3 is 6.18 Å². The summed E-state index contributed by atoms with van der Waals surface area (Å²) >= 11 is 2.70. The van der Waals surface area contributed by atoms with Gasteiger partial charge in [0.25, 0.3) is 0 Å². The number of aryl methyl sites for hydroxylation is 2. The van der Waals surface area contributed by atoms with E-state index in [0.717, 1.165) is 33.8 Å². The van der Waals surface area contributed by atoms with Crippen molar-refractivity contribution in [3.63, 3.8) is 0 Å². The van der Waals surface area contributed by atoms with E-state index in [-0.39, 0.29) is 24.0 Å². The van der Waals surface area contributed by atoms with Gasteiger partial charge in [-0.3, -0.25) is 4.99 Å². The van der Waals surface area contributed by atoms with E-state index in [0.29, 0.717) is 37.0 Å². The highest BCUT2D eigenvalue weighted by molar-refractivity contribution is 14.0. The molecule has 0 fully saturated rings. The van der Waals surface area contributed by atoms with Gasteiger partial charge in [0.15, 0.2) is 11.7 Å². The zero-order valence-electron chi connectivity index (χ0n) is 15.3. The van der Waals surface area contributed by atoms with Crippen molar-refractivity contribution >= 4 is 52.6 Å². The number of aromatic nitrogens is 2. The van der Waals surface area contributed by atoms with Gasteiger partial charge in [-0.2, -0.15) is 13.2 Å². The van der Waals surface area contributed by atoms with Gasteiger partial charge < -0.3 is 10.6 Å². The third-order valence-electron chi connectivity index (χ3n) is 3.43. The quantitative estimate of drug-likeness (QED) is 0.319. The second-order valence-electron chi connectivity index (χ2n) is 5.55. The number of hydrogen-bond donors (Lipinski definition) is 2. The second-order valence-corrected chi connectivity index (χ2v) is 7.78. The van der Waals surface area contributed by atoms with Crippen molar-refractivity contribution in [1.29, 1.82) is 0 Å². The molecule has 0 aliphatic carbocycles. The number of thiazole rings is 2. The van der Waals surface area contributed by atoms with Gasteiger partial charge in [-0.15, -0.1) is 46.7 Å². The molecule has 11 heteroatoms. The Morgan fingerprint density at radius 3 is 2.48 bits per heavy atom. The number of nitrogens with one attached hydrogen (secondary N) is 2. The lowest BCUT2D eigenvalue weighted by Gasteiger charge is -2.10. The van der Waals surface area contributed by atoms with Crippen LogP contribution >= 0.6 is 46.7 Å². The van der Waals surface area contributed by atoms with Crippen molar-refractivity contribution in [3.05, 3.63) is 31.7 Å². The summed E-state index contributed by atoms with van der Waals surface area (Å²) in [6.45, 7) is 7.75. The minimum atomic E-state index is -4.39. The zero-order valence-corrected chi connectivity index (χ0v) is 19.3. The van der Waals surface area contributed by atoms with Crippen LogP contribution in [0.5, 0.6) is 0 Å². The van der Waals surface area contributed by atoms with Gasteiger partial charge in [0.2, 0.25) is 0 Å². The van der Waals surface area contributed by atoms with Crippen LogP contribution in [0.1, 0.15) is 33.2 Å². The molecule has 27 heavy (non-hydrogen) atoms. The summed E-state index contributed by atoms with van der Waals surface area (Å²) in [6.07, 6.45) is -3.16. The number of nitrogens with zero attached hydrogens (tertiary/aromatic N) is 3. The van der Waals surface area contributed by atoms with Crippen LogP contribution in [-0.4, -0.2) is 35.6 Å². The van der Waals surface area contributed by atoms with Gasteiger partial charge in [-0.1, -0.05) is 0 Å². The van der Waals surface area contributed by atoms with Crippen molar-refractivity contribution < 1.29 is 13.2 Å². The lowest BCUT2D eigenvalue weighted by Crippen LogP contribution is -2.38. The summed E-state index contributed by atoms with van der Waals surface area (Å²) in [5.41, 5.74) is 0.224. The normalized spacial score (nSPS) is 12.0. The number of hydrogen-bond acceptors (Lipinski definition) is 5. The minimum Gasteiger partial charge on any atom is -0.357 e. The number of aliphatic imine (C=N–C) groups is 1. The van der Waals surface area contributed by atoms with E-state index in [9.17, 15) is 13.2 Å². The van der Waals surface area contributed by atoms with Crippen LogP contribution in [0.4, 0.5) is 13.2 Å². The number of halogens is 4. The Hall–Kier alpha value is -0.950. The topological polar surface area (TPSA) is 62.2 Å². The molecular weight excluding hydrogens is 510 g/mol. The Morgan fingerprint density at radius 1 is 1.19 bits per heavy atom. The summed E-state index contributed by atoms with van der Waals surface area (Å²) in [7, 11) is 0. The highest BCUT2D eigenvalue weighted by atomic mass is 127. The standard InChI is InChI=1S/C16H22F3N5S2.HI/c1-4-20-15(21-7-5-12-10(2)23-11(3)26-12)22-8-6-14-24-13(9-25-14)16(17,18)19;/h9H,4-8H2,1-3H3,(H2,20,21,22);1H. The van der Waals surface area contributed by atoms with Crippen molar-refractivity contribution in [2.24, 2.45) is 4.99 Å². The van der Waals surface area contributed by atoms with Crippen LogP contribution in [-0.2, 0) is 19.0 Å².